The Balaban J connectivity index is 2.71. The Bertz CT molecular complexity index is 583. The second kappa shape index (κ2) is 8.26. The van der Waals surface area contributed by atoms with Crippen LogP contribution in [0.2, 0.25) is 0 Å². The summed E-state index contributed by atoms with van der Waals surface area (Å²) in [6.07, 6.45) is 0.951. The first-order valence-electron chi connectivity index (χ1n) is 7.43. The van der Waals surface area contributed by atoms with E-state index in [1.807, 2.05) is 6.92 Å². The smallest absolute Gasteiger partial charge is 0.241 e. The highest BCUT2D eigenvalue weighted by molar-refractivity contribution is 7.89. The number of benzene rings is 1. The summed E-state index contributed by atoms with van der Waals surface area (Å²) < 4.78 is 26.5. The maximum atomic E-state index is 12.0. The first-order chi connectivity index (χ1) is 10.3. The Morgan fingerprint density at radius 2 is 1.73 bits per heavy atom. The van der Waals surface area contributed by atoms with E-state index in [4.69, 9.17) is 0 Å². The molecular formula is C15H25N3O3S. The highest BCUT2D eigenvalue weighted by Crippen LogP contribution is 2.14. The molecule has 0 saturated heterocycles. The summed E-state index contributed by atoms with van der Waals surface area (Å²) in [4.78, 5) is 12.1. The maximum Gasteiger partial charge on any atom is 0.241 e. The molecule has 0 heterocycles. The second-order valence-electron chi connectivity index (χ2n) is 5.47. The van der Waals surface area contributed by atoms with Crippen LogP contribution in [0.5, 0.6) is 0 Å². The summed E-state index contributed by atoms with van der Waals surface area (Å²) in [7, 11) is -3.51. The van der Waals surface area contributed by atoms with Crippen molar-refractivity contribution in [3.8, 4) is 0 Å². The van der Waals surface area contributed by atoms with Crippen LogP contribution in [0.3, 0.4) is 0 Å². The summed E-state index contributed by atoms with van der Waals surface area (Å²) in [6, 6.07) is 5.65. The van der Waals surface area contributed by atoms with Crippen LogP contribution in [-0.4, -0.2) is 33.0 Å². The first-order valence-corrected chi connectivity index (χ1v) is 8.91. The molecule has 6 nitrogen and oxygen atoms in total. The Kier molecular flexibility index (Phi) is 6.99. The van der Waals surface area contributed by atoms with Crippen molar-refractivity contribution < 1.29 is 13.2 Å². The quantitative estimate of drug-likeness (QED) is 0.678. The molecule has 1 unspecified atom stereocenters. The van der Waals surface area contributed by atoms with Crippen molar-refractivity contribution in [1.29, 1.82) is 0 Å². The van der Waals surface area contributed by atoms with E-state index in [-0.39, 0.29) is 22.9 Å². The van der Waals surface area contributed by atoms with E-state index in [1.165, 1.54) is 12.1 Å². The van der Waals surface area contributed by atoms with Crippen molar-refractivity contribution in [2.45, 2.75) is 51.1 Å². The van der Waals surface area contributed by atoms with Crippen LogP contribution in [-0.2, 0) is 14.8 Å². The lowest BCUT2D eigenvalue weighted by molar-refractivity contribution is -0.117. The molecule has 7 heteroatoms. The normalized spacial score (nSPS) is 13.1. The molecule has 0 aliphatic carbocycles. The van der Waals surface area contributed by atoms with Crippen LogP contribution in [0.1, 0.15) is 34.1 Å². The van der Waals surface area contributed by atoms with Gasteiger partial charge in [0.05, 0.1) is 10.9 Å². The zero-order valence-electron chi connectivity index (χ0n) is 13.5. The average Bonchev–Trinajstić information content (AvgIpc) is 2.43. The van der Waals surface area contributed by atoms with Gasteiger partial charge < -0.3 is 10.6 Å². The number of nitrogens with one attached hydrogen (secondary N) is 3. The topological polar surface area (TPSA) is 87.3 Å². The lowest BCUT2D eigenvalue weighted by Gasteiger charge is -2.14. The summed E-state index contributed by atoms with van der Waals surface area (Å²) in [5, 5.41) is 5.84. The minimum Gasteiger partial charge on any atom is -0.325 e. The van der Waals surface area contributed by atoms with Crippen molar-refractivity contribution in [3.05, 3.63) is 24.3 Å². The molecule has 22 heavy (non-hydrogen) atoms. The molecule has 1 rings (SSSR count). The Morgan fingerprint density at radius 3 is 2.23 bits per heavy atom. The zero-order chi connectivity index (χ0) is 16.8. The third-order valence-corrected chi connectivity index (χ3v) is 4.59. The molecule has 0 saturated carbocycles. The standard InChI is InChI=1S/C15H25N3O3S/c1-5-10-16-12(4)15(19)17-13-6-8-14(9-7-13)22(20,21)18-11(2)3/h6-9,11-12,16,18H,5,10H2,1-4H3,(H,17,19). The van der Waals surface area contributed by atoms with Gasteiger partial charge in [-0.1, -0.05) is 6.92 Å². The largest absolute Gasteiger partial charge is 0.325 e. The molecule has 1 aromatic rings. The average molecular weight is 327 g/mol. The fourth-order valence-electron chi connectivity index (χ4n) is 1.80. The van der Waals surface area contributed by atoms with Gasteiger partial charge in [0.25, 0.3) is 0 Å². The van der Waals surface area contributed by atoms with Crippen LogP contribution in [0, 0.1) is 0 Å². The second-order valence-corrected chi connectivity index (χ2v) is 7.18. The summed E-state index contributed by atoms with van der Waals surface area (Å²) in [5.41, 5.74) is 0.568. The van der Waals surface area contributed by atoms with Gasteiger partial charge in [0.15, 0.2) is 0 Å². The van der Waals surface area contributed by atoms with E-state index in [1.54, 1.807) is 32.9 Å². The SMILES string of the molecule is CCCNC(C)C(=O)Nc1ccc(S(=O)(=O)NC(C)C)cc1. The van der Waals surface area contributed by atoms with Gasteiger partial charge in [0.2, 0.25) is 15.9 Å². The number of rotatable bonds is 8. The fourth-order valence-corrected chi connectivity index (χ4v) is 3.05. The molecule has 124 valence electrons. The predicted molar refractivity (Wildman–Crippen MR) is 88.3 cm³/mol. The zero-order valence-corrected chi connectivity index (χ0v) is 14.3. The number of amides is 1. The first kappa shape index (κ1) is 18.6. The van der Waals surface area contributed by atoms with Gasteiger partial charge >= 0.3 is 0 Å². The van der Waals surface area contributed by atoms with E-state index in [0.717, 1.165) is 13.0 Å². The number of carbonyl (C=O) groups excluding carboxylic acids is 1. The third-order valence-electron chi connectivity index (χ3n) is 2.92. The Morgan fingerprint density at radius 1 is 1.14 bits per heavy atom. The van der Waals surface area contributed by atoms with Crippen LogP contribution in [0.25, 0.3) is 0 Å². The molecule has 0 bridgehead atoms. The van der Waals surface area contributed by atoms with E-state index in [0.29, 0.717) is 5.69 Å². The molecule has 0 aromatic heterocycles. The molecule has 0 spiro atoms. The van der Waals surface area contributed by atoms with Crippen molar-refractivity contribution in [3.63, 3.8) is 0 Å². The minimum atomic E-state index is -3.51. The molecule has 0 aliphatic rings. The molecular weight excluding hydrogens is 302 g/mol. The molecule has 1 amide bonds. The van der Waals surface area contributed by atoms with Crippen LogP contribution >= 0.6 is 0 Å². The van der Waals surface area contributed by atoms with E-state index >= 15 is 0 Å². The number of carbonyl (C=O) groups is 1. The predicted octanol–water partition coefficient (Wildman–Crippen LogP) is 1.70. The summed E-state index contributed by atoms with van der Waals surface area (Å²) >= 11 is 0. The van der Waals surface area contributed by atoms with Gasteiger partial charge in [0, 0.05) is 11.7 Å². The van der Waals surface area contributed by atoms with E-state index in [2.05, 4.69) is 15.4 Å². The lowest BCUT2D eigenvalue weighted by atomic mass is 10.2. The molecule has 1 atom stereocenters. The molecule has 0 aliphatic heterocycles. The molecule has 1 aromatic carbocycles. The molecule has 0 radical (unpaired) electrons. The Labute approximate surface area is 132 Å². The lowest BCUT2D eigenvalue weighted by Crippen LogP contribution is -2.38. The maximum absolute atomic E-state index is 12.0. The van der Waals surface area contributed by atoms with Crippen LogP contribution in [0.15, 0.2) is 29.2 Å². The van der Waals surface area contributed by atoms with Gasteiger partial charge in [-0.05, 0) is 58.0 Å². The van der Waals surface area contributed by atoms with Crippen LogP contribution in [0.4, 0.5) is 5.69 Å². The molecule has 0 fully saturated rings. The van der Waals surface area contributed by atoms with Crippen molar-refractivity contribution in [2.75, 3.05) is 11.9 Å². The van der Waals surface area contributed by atoms with Gasteiger partial charge in [-0.2, -0.15) is 0 Å². The van der Waals surface area contributed by atoms with Crippen molar-refractivity contribution in [1.82, 2.24) is 10.0 Å². The number of anilines is 1. The number of sulfonamides is 1. The monoisotopic (exact) mass is 327 g/mol. The van der Waals surface area contributed by atoms with Crippen molar-refractivity contribution >= 4 is 21.6 Å². The fraction of sp³-hybridized carbons (Fsp3) is 0.533. The number of hydrogen-bond donors (Lipinski definition) is 3. The van der Waals surface area contributed by atoms with Gasteiger partial charge in [-0.15, -0.1) is 0 Å². The van der Waals surface area contributed by atoms with Gasteiger partial charge in [-0.25, -0.2) is 13.1 Å². The number of hydrogen-bond acceptors (Lipinski definition) is 4. The third kappa shape index (κ3) is 5.75. The highest BCUT2D eigenvalue weighted by atomic mass is 32.2. The van der Waals surface area contributed by atoms with Gasteiger partial charge in [0.1, 0.15) is 0 Å². The summed E-state index contributed by atoms with van der Waals surface area (Å²) in [6.45, 7) is 8.11. The van der Waals surface area contributed by atoms with Crippen molar-refractivity contribution in [2.24, 2.45) is 0 Å². The van der Waals surface area contributed by atoms with Gasteiger partial charge in [-0.3, -0.25) is 4.79 Å². The Hall–Kier alpha value is -1.44. The minimum absolute atomic E-state index is 0.149. The molecule has 3 N–H and O–H groups in total. The summed E-state index contributed by atoms with van der Waals surface area (Å²) in [5.74, 6) is -0.149. The highest BCUT2D eigenvalue weighted by Gasteiger charge is 2.16. The van der Waals surface area contributed by atoms with E-state index in [9.17, 15) is 13.2 Å². The van der Waals surface area contributed by atoms with E-state index < -0.39 is 10.0 Å². The van der Waals surface area contributed by atoms with Crippen LogP contribution < -0.4 is 15.4 Å².